The molecule has 3 aliphatic heterocycles. The lowest BCUT2D eigenvalue weighted by atomic mass is 9.70. The highest BCUT2D eigenvalue weighted by Gasteiger charge is 2.47. The van der Waals surface area contributed by atoms with E-state index in [-0.39, 0.29) is 5.41 Å². The number of halogens is 3. The maximum absolute atomic E-state index is 13.6. The molecule has 1 unspecified atom stereocenters. The molecule has 312 valence electrons. The molecular weight excluding hydrogens is 774 g/mol. The quantitative estimate of drug-likeness (QED) is 0.152. The fourth-order valence-electron chi connectivity index (χ4n) is 10.3. The summed E-state index contributed by atoms with van der Waals surface area (Å²) >= 11 is 0. The Kier molecular flexibility index (Phi) is 9.87. The lowest BCUT2D eigenvalue weighted by Gasteiger charge is -2.40. The van der Waals surface area contributed by atoms with Crippen LogP contribution in [0, 0.1) is 0 Å². The summed E-state index contributed by atoms with van der Waals surface area (Å²) in [6, 6.07) is 35.7. The normalized spacial score (nSPS) is 19.3. The maximum Gasteiger partial charge on any atom is 0.416 e. The van der Waals surface area contributed by atoms with Crippen molar-refractivity contribution in [2.75, 3.05) is 69.5 Å². The van der Waals surface area contributed by atoms with Gasteiger partial charge < -0.3 is 28.7 Å². The molecule has 0 amide bonds. The summed E-state index contributed by atoms with van der Waals surface area (Å²) in [5.41, 5.74) is 9.74. The maximum atomic E-state index is 13.6. The number of hydrogen-bond donors (Lipinski definition) is 0. The predicted octanol–water partition coefficient (Wildman–Crippen LogP) is 11.6. The Bertz CT molecular complexity index is 2620. The second kappa shape index (κ2) is 15.3. The van der Waals surface area contributed by atoms with Crippen LogP contribution in [0.3, 0.4) is 0 Å². The Balaban J connectivity index is 1.19. The molecule has 6 aromatic carbocycles. The summed E-state index contributed by atoms with van der Waals surface area (Å²) in [4.78, 5) is 4.74. The molecule has 9 heteroatoms. The van der Waals surface area contributed by atoms with Gasteiger partial charge >= 0.3 is 6.18 Å². The third-order valence-electron chi connectivity index (χ3n) is 13.6. The van der Waals surface area contributed by atoms with Crippen LogP contribution in [0.1, 0.15) is 60.1 Å². The van der Waals surface area contributed by atoms with Gasteiger partial charge in [-0.3, -0.25) is 0 Å². The van der Waals surface area contributed by atoms with E-state index in [2.05, 4.69) is 109 Å². The Morgan fingerprint density at radius 2 is 1.25 bits per heavy atom. The van der Waals surface area contributed by atoms with E-state index in [0.29, 0.717) is 26.4 Å². The van der Waals surface area contributed by atoms with Crippen LogP contribution in [0.2, 0.25) is 0 Å². The van der Waals surface area contributed by atoms with Gasteiger partial charge in [-0.2, -0.15) is 13.2 Å². The van der Waals surface area contributed by atoms with Crippen molar-refractivity contribution in [1.29, 1.82) is 0 Å². The number of nitrogens with zero attached hydrogens (tertiary/aromatic N) is 2. The smallest absolute Gasteiger partial charge is 0.416 e. The highest BCUT2D eigenvalue weighted by atomic mass is 19.4. The van der Waals surface area contributed by atoms with Gasteiger partial charge in [0.15, 0.2) is 5.60 Å². The van der Waals surface area contributed by atoms with Crippen LogP contribution in [0.4, 0.5) is 24.5 Å². The van der Waals surface area contributed by atoms with E-state index in [1.165, 1.54) is 28.8 Å². The third kappa shape index (κ3) is 6.47. The van der Waals surface area contributed by atoms with Crippen molar-refractivity contribution in [3.8, 4) is 33.8 Å². The zero-order chi connectivity index (χ0) is 41.9. The van der Waals surface area contributed by atoms with Gasteiger partial charge in [0.25, 0.3) is 0 Å². The van der Waals surface area contributed by atoms with Crippen LogP contribution in [-0.4, -0.2) is 59.7 Å². The van der Waals surface area contributed by atoms with E-state index in [1.54, 1.807) is 19.2 Å². The minimum atomic E-state index is -4.40. The largest absolute Gasteiger partial charge is 0.497 e. The van der Waals surface area contributed by atoms with Gasteiger partial charge in [0, 0.05) is 65.0 Å². The van der Waals surface area contributed by atoms with Gasteiger partial charge in [-0.1, -0.05) is 74.5 Å². The van der Waals surface area contributed by atoms with Gasteiger partial charge in [-0.05, 0) is 112 Å². The standard InChI is InChI=1S/C52H49F3N2O4/c1-4-50(5-2)46-32-35(34-6-9-38(10-7-34)52(53,54)55)8-20-43(46)47-42-21-17-40(57-26-30-60-31-27-57)33-45(42)49-44(48(47)50)22-23-51(61-49,37-13-18-41(58-3)19-14-37)36-11-15-39(16-12-36)56-24-28-59-29-25-56/h6-23,32-33H,4-5,24-31H2,1-3H3. The van der Waals surface area contributed by atoms with Gasteiger partial charge in [0.1, 0.15) is 11.5 Å². The van der Waals surface area contributed by atoms with E-state index in [1.807, 2.05) is 12.1 Å². The monoisotopic (exact) mass is 822 g/mol. The number of methoxy groups -OCH3 is 1. The topological polar surface area (TPSA) is 43.4 Å². The van der Waals surface area contributed by atoms with Crippen molar-refractivity contribution in [1.82, 2.24) is 0 Å². The van der Waals surface area contributed by atoms with E-state index in [0.717, 1.165) is 106 Å². The molecule has 0 spiro atoms. The van der Waals surface area contributed by atoms with Crippen LogP contribution in [0.25, 0.3) is 39.1 Å². The average molecular weight is 823 g/mol. The Morgan fingerprint density at radius 1 is 0.656 bits per heavy atom. The van der Waals surface area contributed by atoms with Crippen molar-refractivity contribution >= 4 is 28.2 Å². The molecule has 1 atom stereocenters. The molecule has 0 N–H and O–H groups in total. The molecule has 0 bridgehead atoms. The van der Waals surface area contributed by atoms with Crippen molar-refractivity contribution < 1.29 is 32.1 Å². The highest BCUT2D eigenvalue weighted by molar-refractivity contribution is 6.09. The molecule has 4 aliphatic rings. The second-order valence-corrected chi connectivity index (χ2v) is 16.5. The molecule has 6 aromatic rings. The molecular formula is C52H49F3N2O4. The second-order valence-electron chi connectivity index (χ2n) is 16.5. The van der Waals surface area contributed by atoms with Crippen molar-refractivity contribution in [3.05, 3.63) is 149 Å². The number of benzene rings is 6. The first-order valence-electron chi connectivity index (χ1n) is 21.4. The zero-order valence-corrected chi connectivity index (χ0v) is 34.8. The summed E-state index contributed by atoms with van der Waals surface area (Å²) in [5.74, 6) is 1.60. The van der Waals surface area contributed by atoms with Crippen LogP contribution in [0.15, 0.2) is 115 Å². The Labute approximate surface area is 355 Å². The van der Waals surface area contributed by atoms with Crippen molar-refractivity contribution in [2.24, 2.45) is 0 Å². The lowest BCUT2D eigenvalue weighted by Crippen LogP contribution is -2.37. The number of hydrogen-bond acceptors (Lipinski definition) is 6. The van der Waals surface area contributed by atoms with Crippen LogP contribution in [-0.2, 0) is 26.7 Å². The molecule has 0 saturated carbocycles. The molecule has 61 heavy (non-hydrogen) atoms. The zero-order valence-electron chi connectivity index (χ0n) is 34.8. The minimum Gasteiger partial charge on any atom is -0.497 e. The summed E-state index contributed by atoms with van der Waals surface area (Å²) in [5, 5.41) is 2.14. The predicted molar refractivity (Wildman–Crippen MR) is 237 cm³/mol. The molecule has 10 rings (SSSR count). The SMILES string of the molecule is CCC1(CC)c2cc(-c3ccc(C(F)(F)F)cc3)ccc2-c2c1c1c(c3cc(N4CCOCC4)ccc23)OC(c2ccc(OC)cc2)(c2ccc(N3CCOCC3)cc2)C=C1. The summed E-state index contributed by atoms with van der Waals surface area (Å²) in [6.45, 7) is 10.6. The highest BCUT2D eigenvalue weighted by Crippen LogP contribution is 2.61. The van der Waals surface area contributed by atoms with Crippen molar-refractivity contribution in [2.45, 2.75) is 43.9 Å². The first-order valence-corrected chi connectivity index (χ1v) is 21.4. The molecule has 3 heterocycles. The average Bonchev–Trinajstić information content (AvgIpc) is 3.61. The van der Waals surface area contributed by atoms with E-state index in [9.17, 15) is 13.2 Å². The number of fused-ring (bicyclic) bond motifs is 8. The van der Waals surface area contributed by atoms with E-state index < -0.39 is 17.3 Å². The first kappa shape index (κ1) is 39.4. The Morgan fingerprint density at radius 3 is 1.85 bits per heavy atom. The molecule has 2 fully saturated rings. The molecule has 1 aliphatic carbocycles. The minimum absolute atomic E-state index is 0.388. The van der Waals surface area contributed by atoms with Gasteiger partial charge in [-0.15, -0.1) is 0 Å². The van der Waals surface area contributed by atoms with Crippen LogP contribution < -0.4 is 19.3 Å². The van der Waals surface area contributed by atoms with Gasteiger partial charge in [0.2, 0.25) is 0 Å². The number of morpholine rings is 2. The summed E-state index contributed by atoms with van der Waals surface area (Å²) in [6.07, 6.45) is 1.77. The third-order valence-corrected chi connectivity index (χ3v) is 13.6. The van der Waals surface area contributed by atoms with Gasteiger partial charge in [-0.25, -0.2) is 0 Å². The fraction of sp³-hybridized carbons (Fsp3) is 0.308. The lowest BCUT2D eigenvalue weighted by molar-refractivity contribution is -0.137. The van der Waals surface area contributed by atoms with Crippen molar-refractivity contribution in [3.63, 3.8) is 0 Å². The fourth-order valence-corrected chi connectivity index (χ4v) is 10.3. The molecule has 2 saturated heterocycles. The molecule has 0 aromatic heterocycles. The van der Waals surface area contributed by atoms with Gasteiger partial charge in [0.05, 0.1) is 39.1 Å². The Hall–Kier alpha value is -5.77. The molecule has 6 nitrogen and oxygen atoms in total. The van der Waals surface area contributed by atoms with Crippen LogP contribution in [0.5, 0.6) is 11.5 Å². The first-order chi connectivity index (χ1) is 29.7. The number of alkyl halides is 3. The number of rotatable bonds is 8. The molecule has 0 radical (unpaired) electrons. The summed E-state index contributed by atoms with van der Waals surface area (Å²) in [7, 11) is 1.68. The van der Waals surface area contributed by atoms with E-state index in [4.69, 9.17) is 18.9 Å². The van der Waals surface area contributed by atoms with E-state index >= 15 is 0 Å². The number of anilines is 2. The summed E-state index contributed by atoms with van der Waals surface area (Å²) < 4.78 is 65.5. The number of ether oxygens (including phenoxy) is 4. The van der Waals surface area contributed by atoms with Crippen LogP contribution >= 0.6 is 0 Å².